The molecule has 0 aliphatic rings. The van der Waals surface area contributed by atoms with E-state index in [2.05, 4.69) is 17.2 Å². The molecule has 1 aromatic carbocycles. The lowest BCUT2D eigenvalue weighted by atomic mass is 10.2. The number of amides is 1. The summed E-state index contributed by atoms with van der Waals surface area (Å²) in [5.74, 6) is 0.566. The molecule has 0 radical (unpaired) electrons. The molecule has 0 saturated heterocycles. The molecule has 130 valence electrons. The number of nitrogens with one attached hydrogen (secondary N) is 1. The Morgan fingerprint density at radius 2 is 1.96 bits per heavy atom. The van der Waals surface area contributed by atoms with Crippen LogP contribution in [0, 0.1) is 0 Å². The van der Waals surface area contributed by atoms with Crippen LogP contribution in [0.4, 0.5) is 5.69 Å². The van der Waals surface area contributed by atoms with E-state index in [9.17, 15) is 4.79 Å². The number of imidazole rings is 1. The summed E-state index contributed by atoms with van der Waals surface area (Å²) in [6.45, 7) is 4.60. The summed E-state index contributed by atoms with van der Waals surface area (Å²) in [5.41, 5.74) is 2.71. The number of nitrogens with zero attached hydrogens (tertiary/aromatic N) is 2. The van der Waals surface area contributed by atoms with Crippen molar-refractivity contribution in [2.45, 2.75) is 26.7 Å². The molecule has 1 N–H and O–H groups in total. The summed E-state index contributed by atoms with van der Waals surface area (Å²) in [5, 5.41) is 3.48. The van der Waals surface area contributed by atoms with E-state index in [4.69, 9.17) is 16.3 Å². The SMILES string of the molecule is CCCc1nc2ccc(Cl)cn2c1C(=O)Nc1ccc(OCC)cc1. The van der Waals surface area contributed by atoms with Gasteiger partial charge in [0.2, 0.25) is 0 Å². The maximum absolute atomic E-state index is 12.9. The van der Waals surface area contributed by atoms with Crippen LogP contribution in [0.15, 0.2) is 42.6 Å². The van der Waals surface area contributed by atoms with Gasteiger partial charge in [0.05, 0.1) is 17.3 Å². The number of rotatable bonds is 6. The fraction of sp³-hybridized carbons (Fsp3) is 0.263. The molecule has 0 unspecified atom stereocenters. The number of anilines is 1. The second-order valence-corrected chi connectivity index (χ2v) is 6.08. The van der Waals surface area contributed by atoms with Gasteiger partial charge in [0, 0.05) is 11.9 Å². The first-order chi connectivity index (χ1) is 12.1. The monoisotopic (exact) mass is 357 g/mol. The first-order valence-electron chi connectivity index (χ1n) is 8.33. The minimum Gasteiger partial charge on any atom is -0.494 e. The molecule has 0 spiro atoms. The highest BCUT2D eigenvalue weighted by Crippen LogP contribution is 2.21. The van der Waals surface area contributed by atoms with Gasteiger partial charge in [-0.05, 0) is 49.7 Å². The maximum Gasteiger partial charge on any atom is 0.274 e. The van der Waals surface area contributed by atoms with E-state index >= 15 is 0 Å². The predicted molar refractivity (Wildman–Crippen MR) is 99.8 cm³/mol. The molecule has 25 heavy (non-hydrogen) atoms. The van der Waals surface area contributed by atoms with Gasteiger partial charge in [-0.1, -0.05) is 24.9 Å². The Hall–Kier alpha value is -2.53. The van der Waals surface area contributed by atoms with E-state index in [0.29, 0.717) is 28.7 Å². The van der Waals surface area contributed by atoms with E-state index in [1.54, 1.807) is 16.7 Å². The normalized spacial score (nSPS) is 10.8. The Morgan fingerprint density at radius 1 is 1.20 bits per heavy atom. The van der Waals surface area contributed by atoms with Crippen molar-refractivity contribution in [1.29, 1.82) is 0 Å². The Labute approximate surface area is 151 Å². The minimum atomic E-state index is -0.206. The van der Waals surface area contributed by atoms with Crippen molar-refractivity contribution in [1.82, 2.24) is 9.38 Å². The average Bonchev–Trinajstić information content (AvgIpc) is 2.94. The standard InChI is InChI=1S/C19H20ClN3O2/c1-3-5-16-18(23-12-13(20)6-11-17(23)22-16)19(24)21-14-7-9-15(10-8-14)25-4-2/h6-12H,3-5H2,1-2H3,(H,21,24). The van der Waals surface area contributed by atoms with Crippen LogP contribution in [0.2, 0.25) is 5.02 Å². The largest absolute Gasteiger partial charge is 0.494 e. The van der Waals surface area contributed by atoms with Crippen LogP contribution in [0.5, 0.6) is 5.75 Å². The third kappa shape index (κ3) is 3.77. The molecule has 2 heterocycles. The maximum atomic E-state index is 12.9. The molecule has 2 aromatic heterocycles. The summed E-state index contributed by atoms with van der Waals surface area (Å²) in [7, 11) is 0. The van der Waals surface area contributed by atoms with Crippen LogP contribution < -0.4 is 10.1 Å². The highest BCUT2D eigenvalue weighted by Gasteiger charge is 2.19. The molecule has 0 saturated carbocycles. The van der Waals surface area contributed by atoms with Gasteiger partial charge < -0.3 is 10.1 Å². The Bertz CT molecular complexity index is 888. The van der Waals surface area contributed by atoms with Gasteiger partial charge in [-0.2, -0.15) is 0 Å². The van der Waals surface area contributed by atoms with Crippen molar-refractivity contribution in [3.05, 3.63) is 59.0 Å². The number of fused-ring (bicyclic) bond motifs is 1. The van der Waals surface area contributed by atoms with E-state index in [1.807, 2.05) is 37.3 Å². The van der Waals surface area contributed by atoms with Crippen LogP contribution in [0.25, 0.3) is 5.65 Å². The lowest BCUT2D eigenvalue weighted by Crippen LogP contribution is -2.16. The van der Waals surface area contributed by atoms with E-state index in [1.165, 1.54) is 0 Å². The lowest BCUT2D eigenvalue weighted by Gasteiger charge is -2.08. The highest BCUT2D eigenvalue weighted by atomic mass is 35.5. The molecule has 0 atom stereocenters. The number of carbonyl (C=O) groups is 1. The van der Waals surface area contributed by atoms with Crippen LogP contribution >= 0.6 is 11.6 Å². The first-order valence-corrected chi connectivity index (χ1v) is 8.70. The highest BCUT2D eigenvalue weighted by molar-refractivity contribution is 6.30. The summed E-state index contributed by atoms with van der Waals surface area (Å²) in [6.07, 6.45) is 3.35. The van der Waals surface area contributed by atoms with Crippen molar-refractivity contribution in [3.63, 3.8) is 0 Å². The van der Waals surface area contributed by atoms with E-state index in [0.717, 1.165) is 24.3 Å². The predicted octanol–water partition coefficient (Wildman–Crippen LogP) is 4.59. The van der Waals surface area contributed by atoms with Gasteiger partial charge in [-0.15, -0.1) is 0 Å². The van der Waals surface area contributed by atoms with Crippen LogP contribution in [0.1, 0.15) is 36.5 Å². The summed E-state index contributed by atoms with van der Waals surface area (Å²) in [4.78, 5) is 17.4. The number of benzene rings is 1. The summed E-state index contributed by atoms with van der Waals surface area (Å²) >= 11 is 6.09. The number of hydrogen-bond donors (Lipinski definition) is 1. The van der Waals surface area contributed by atoms with Crippen molar-refractivity contribution in [3.8, 4) is 5.75 Å². The fourth-order valence-electron chi connectivity index (χ4n) is 2.71. The van der Waals surface area contributed by atoms with Crippen molar-refractivity contribution in [2.24, 2.45) is 0 Å². The number of pyridine rings is 1. The number of ether oxygens (including phenoxy) is 1. The molecule has 6 heteroatoms. The molecule has 3 aromatic rings. The summed E-state index contributed by atoms with van der Waals surface area (Å²) < 4.78 is 7.17. The molecular weight excluding hydrogens is 338 g/mol. The summed E-state index contributed by atoms with van der Waals surface area (Å²) in [6, 6.07) is 10.9. The van der Waals surface area contributed by atoms with Gasteiger partial charge in [0.15, 0.2) is 0 Å². The number of hydrogen-bond acceptors (Lipinski definition) is 3. The van der Waals surface area contributed by atoms with E-state index < -0.39 is 0 Å². The van der Waals surface area contributed by atoms with Gasteiger partial charge in [-0.25, -0.2) is 4.98 Å². The molecule has 0 fully saturated rings. The fourth-order valence-corrected chi connectivity index (χ4v) is 2.87. The molecule has 3 rings (SSSR count). The number of aromatic nitrogens is 2. The molecule has 0 aliphatic carbocycles. The Morgan fingerprint density at radius 3 is 2.64 bits per heavy atom. The van der Waals surface area contributed by atoms with Crippen molar-refractivity contribution < 1.29 is 9.53 Å². The third-order valence-corrected chi connectivity index (χ3v) is 4.00. The average molecular weight is 358 g/mol. The molecule has 0 aliphatic heterocycles. The van der Waals surface area contributed by atoms with Crippen LogP contribution in [-0.2, 0) is 6.42 Å². The number of carbonyl (C=O) groups excluding carboxylic acids is 1. The zero-order valence-corrected chi connectivity index (χ0v) is 15.0. The van der Waals surface area contributed by atoms with Crippen molar-refractivity contribution >= 4 is 28.8 Å². The molecule has 0 bridgehead atoms. The second kappa shape index (κ2) is 7.57. The van der Waals surface area contributed by atoms with Crippen molar-refractivity contribution in [2.75, 3.05) is 11.9 Å². The Kier molecular flexibility index (Phi) is 5.24. The zero-order valence-electron chi connectivity index (χ0n) is 14.3. The van der Waals surface area contributed by atoms with E-state index in [-0.39, 0.29) is 5.91 Å². The topological polar surface area (TPSA) is 55.6 Å². The Balaban J connectivity index is 1.92. The zero-order chi connectivity index (χ0) is 17.8. The van der Waals surface area contributed by atoms with Crippen LogP contribution in [0.3, 0.4) is 0 Å². The first kappa shape index (κ1) is 17.3. The number of halogens is 1. The lowest BCUT2D eigenvalue weighted by molar-refractivity contribution is 0.102. The molecular formula is C19H20ClN3O2. The van der Waals surface area contributed by atoms with Gasteiger partial charge >= 0.3 is 0 Å². The third-order valence-electron chi connectivity index (χ3n) is 3.78. The smallest absolute Gasteiger partial charge is 0.274 e. The quantitative estimate of drug-likeness (QED) is 0.701. The second-order valence-electron chi connectivity index (χ2n) is 5.64. The van der Waals surface area contributed by atoms with Gasteiger partial charge in [0.25, 0.3) is 5.91 Å². The van der Waals surface area contributed by atoms with Gasteiger partial charge in [0.1, 0.15) is 17.1 Å². The van der Waals surface area contributed by atoms with Gasteiger partial charge in [-0.3, -0.25) is 9.20 Å². The minimum absolute atomic E-state index is 0.206. The molecule has 5 nitrogen and oxygen atoms in total. The molecule has 1 amide bonds. The van der Waals surface area contributed by atoms with Crippen LogP contribution in [-0.4, -0.2) is 21.9 Å². The number of aryl methyl sites for hydroxylation is 1.